The molecule has 25 heavy (non-hydrogen) atoms. The molecule has 0 fully saturated rings. The first-order valence-electron chi connectivity index (χ1n) is 7.79. The van der Waals surface area contributed by atoms with Crippen LogP contribution in [0.2, 0.25) is 0 Å². The van der Waals surface area contributed by atoms with Crippen LogP contribution in [0.5, 0.6) is 0 Å². The molecule has 1 aromatic heterocycles. The third-order valence-electron chi connectivity index (χ3n) is 3.61. The standard InChI is InChI=1S/C18H18N4O3/c1-12-21-22-17(25-12)14-7-9-15(10-8-14)19-18(24)20-16(11-23)13-5-3-2-4-6-13/h2-10,16,23H,11H2,1H3,(H2,19,20,24)/t16-/m1/s1. The van der Waals surface area contributed by atoms with Gasteiger partial charge in [-0.25, -0.2) is 4.79 Å². The second kappa shape index (κ2) is 7.59. The molecule has 0 spiro atoms. The Balaban J connectivity index is 1.62. The SMILES string of the molecule is Cc1nnc(-c2ccc(NC(=O)N[C@H](CO)c3ccccc3)cc2)o1. The van der Waals surface area contributed by atoms with Crippen molar-refractivity contribution in [2.75, 3.05) is 11.9 Å². The second-order valence-electron chi connectivity index (χ2n) is 5.45. The van der Waals surface area contributed by atoms with E-state index in [9.17, 15) is 9.90 Å². The van der Waals surface area contributed by atoms with Gasteiger partial charge in [0.15, 0.2) is 0 Å². The molecule has 7 nitrogen and oxygen atoms in total. The summed E-state index contributed by atoms with van der Waals surface area (Å²) in [5, 5.41) is 22.7. The van der Waals surface area contributed by atoms with E-state index in [0.717, 1.165) is 11.1 Å². The number of hydrogen-bond acceptors (Lipinski definition) is 5. The first-order valence-corrected chi connectivity index (χ1v) is 7.79. The van der Waals surface area contributed by atoms with Crippen LogP contribution in [0.25, 0.3) is 11.5 Å². The molecule has 0 saturated heterocycles. The Morgan fingerprint density at radius 1 is 1.12 bits per heavy atom. The molecule has 7 heteroatoms. The van der Waals surface area contributed by atoms with Gasteiger partial charge in [0.2, 0.25) is 11.8 Å². The van der Waals surface area contributed by atoms with Crippen molar-refractivity contribution in [3.8, 4) is 11.5 Å². The smallest absolute Gasteiger partial charge is 0.319 e. The van der Waals surface area contributed by atoms with Gasteiger partial charge in [0.1, 0.15) is 0 Å². The molecule has 0 saturated carbocycles. The molecule has 0 aliphatic rings. The number of nitrogens with zero attached hydrogens (tertiary/aromatic N) is 2. The van der Waals surface area contributed by atoms with Gasteiger partial charge in [0, 0.05) is 18.2 Å². The molecule has 2 aromatic carbocycles. The highest BCUT2D eigenvalue weighted by Crippen LogP contribution is 2.20. The molecule has 128 valence electrons. The van der Waals surface area contributed by atoms with Gasteiger partial charge in [0.05, 0.1) is 12.6 Å². The summed E-state index contributed by atoms with van der Waals surface area (Å²) in [6.45, 7) is 1.54. The summed E-state index contributed by atoms with van der Waals surface area (Å²) in [4.78, 5) is 12.1. The van der Waals surface area contributed by atoms with Crippen molar-refractivity contribution in [3.05, 3.63) is 66.1 Å². The minimum Gasteiger partial charge on any atom is -0.421 e. The summed E-state index contributed by atoms with van der Waals surface area (Å²) in [7, 11) is 0. The van der Waals surface area contributed by atoms with Crippen molar-refractivity contribution in [2.45, 2.75) is 13.0 Å². The summed E-state index contributed by atoms with van der Waals surface area (Å²) in [5.74, 6) is 0.922. The normalized spacial score (nSPS) is 11.8. The van der Waals surface area contributed by atoms with E-state index in [2.05, 4.69) is 20.8 Å². The van der Waals surface area contributed by atoms with Crippen LogP contribution in [-0.2, 0) is 0 Å². The molecule has 0 radical (unpaired) electrons. The fourth-order valence-corrected chi connectivity index (χ4v) is 2.35. The maximum atomic E-state index is 12.1. The highest BCUT2D eigenvalue weighted by Gasteiger charge is 2.13. The van der Waals surface area contributed by atoms with Crippen LogP contribution in [0, 0.1) is 6.92 Å². The first kappa shape index (κ1) is 16.7. The Labute approximate surface area is 144 Å². The van der Waals surface area contributed by atoms with E-state index in [1.807, 2.05) is 30.3 Å². The van der Waals surface area contributed by atoms with Crippen LogP contribution in [0.15, 0.2) is 59.0 Å². The van der Waals surface area contributed by atoms with E-state index in [4.69, 9.17) is 4.42 Å². The summed E-state index contributed by atoms with van der Waals surface area (Å²) in [6, 6.07) is 15.5. The number of hydrogen-bond donors (Lipinski definition) is 3. The highest BCUT2D eigenvalue weighted by atomic mass is 16.4. The van der Waals surface area contributed by atoms with Crippen molar-refractivity contribution < 1.29 is 14.3 Å². The molecule has 3 aromatic rings. The van der Waals surface area contributed by atoms with E-state index in [-0.39, 0.29) is 6.61 Å². The average molecular weight is 338 g/mol. The van der Waals surface area contributed by atoms with Gasteiger partial charge in [-0.1, -0.05) is 30.3 Å². The molecular formula is C18H18N4O3. The third-order valence-corrected chi connectivity index (χ3v) is 3.61. The Morgan fingerprint density at radius 2 is 1.84 bits per heavy atom. The van der Waals surface area contributed by atoms with Gasteiger partial charge in [-0.3, -0.25) is 0 Å². The molecule has 0 unspecified atom stereocenters. The molecule has 1 atom stereocenters. The molecule has 2 amide bonds. The zero-order valence-electron chi connectivity index (χ0n) is 13.6. The van der Waals surface area contributed by atoms with Gasteiger partial charge in [-0.2, -0.15) is 0 Å². The number of carbonyl (C=O) groups is 1. The Morgan fingerprint density at radius 3 is 2.44 bits per heavy atom. The van der Waals surface area contributed by atoms with E-state index >= 15 is 0 Å². The van der Waals surface area contributed by atoms with E-state index in [0.29, 0.717) is 17.5 Å². The minimum atomic E-state index is -0.471. The van der Waals surface area contributed by atoms with E-state index < -0.39 is 12.1 Å². The molecule has 0 bridgehead atoms. The summed E-state index contributed by atoms with van der Waals surface area (Å²) >= 11 is 0. The van der Waals surface area contributed by atoms with Crippen LogP contribution in [0.1, 0.15) is 17.5 Å². The largest absolute Gasteiger partial charge is 0.421 e. The topological polar surface area (TPSA) is 100 Å². The number of aliphatic hydroxyl groups is 1. The number of aliphatic hydroxyl groups excluding tert-OH is 1. The Hall–Kier alpha value is -3.19. The summed E-state index contributed by atoms with van der Waals surface area (Å²) in [6.07, 6.45) is 0. The lowest BCUT2D eigenvalue weighted by Gasteiger charge is -2.17. The van der Waals surface area contributed by atoms with Crippen molar-refractivity contribution in [1.29, 1.82) is 0 Å². The maximum Gasteiger partial charge on any atom is 0.319 e. The number of amides is 2. The van der Waals surface area contributed by atoms with Gasteiger partial charge in [-0.15, -0.1) is 10.2 Å². The van der Waals surface area contributed by atoms with Crippen LogP contribution in [-0.4, -0.2) is 27.9 Å². The lowest BCUT2D eigenvalue weighted by Crippen LogP contribution is -2.34. The Kier molecular flexibility index (Phi) is 5.06. The number of carbonyl (C=O) groups excluding carboxylic acids is 1. The molecule has 1 heterocycles. The quantitative estimate of drug-likeness (QED) is 0.664. The number of benzene rings is 2. The Bertz CT molecular complexity index is 831. The van der Waals surface area contributed by atoms with Crippen molar-refractivity contribution in [1.82, 2.24) is 15.5 Å². The van der Waals surface area contributed by atoms with Crippen molar-refractivity contribution in [2.24, 2.45) is 0 Å². The maximum absolute atomic E-state index is 12.1. The van der Waals surface area contributed by atoms with Crippen molar-refractivity contribution in [3.63, 3.8) is 0 Å². The average Bonchev–Trinajstić information content (AvgIpc) is 3.07. The minimum absolute atomic E-state index is 0.188. The van der Waals surface area contributed by atoms with E-state index in [1.54, 1.807) is 31.2 Å². The van der Waals surface area contributed by atoms with Crippen LogP contribution in [0.3, 0.4) is 0 Å². The number of rotatable bonds is 5. The fraction of sp³-hybridized carbons (Fsp3) is 0.167. The van der Waals surface area contributed by atoms with Crippen molar-refractivity contribution >= 4 is 11.7 Å². The number of nitrogens with one attached hydrogen (secondary N) is 2. The van der Waals surface area contributed by atoms with Crippen LogP contribution >= 0.6 is 0 Å². The molecular weight excluding hydrogens is 320 g/mol. The zero-order valence-corrected chi connectivity index (χ0v) is 13.6. The van der Waals surface area contributed by atoms with Gasteiger partial charge >= 0.3 is 6.03 Å². The number of aromatic nitrogens is 2. The van der Waals surface area contributed by atoms with Gasteiger partial charge < -0.3 is 20.2 Å². The number of aryl methyl sites for hydroxylation is 1. The molecule has 3 rings (SSSR count). The zero-order chi connectivity index (χ0) is 17.6. The molecule has 3 N–H and O–H groups in total. The van der Waals surface area contributed by atoms with Gasteiger partial charge in [0.25, 0.3) is 0 Å². The third kappa shape index (κ3) is 4.21. The summed E-state index contributed by atoms with van der Waals surface area (Å²) < 4.78 is 5.36. The lowest BCUT2D eigenvalue weighted by molar-refractivity contribution is 0.225. The van der Waals surface area contributed by atoms with Crippen LogP contribution < -0.4 is 10.6 Å². The summed E-state index contributed by atoms with van der Waals surface area (Å²) in [5.41, 5.74) is 2.22. The highest BCUT2D eigenvalue weighted by molar-refractivity contribution is 5.89. The monoisotopic (exact) mass is 338 g/mol. The van der Waals surface area contributed by atoms with E-state index in [1.165, 1.54) is 0 Å². The first-order chi connectivity index (χ1) is 12.2. The second-order valence-corrected chi connectivity index (χ2v) is 5.45. The molecule has 0 aliphatic heterocycles. The lowest BCUT2D eigenvalue weighted by atomic mass is 10.1. The predicted octanol–water partition coefficient (Wildman–Crippen LogP) is 2.90. The number of anilines is 1. The molecule has 0 aliphatic carbocycles. The predicted molar refractivity (Wildman–Crippen MR) is 92.9 cm³/mol. The van der Waals surface area contributed by atoms with Gasteiger partial charge in [-0.05, 0) is 29.8 Å². The number of urea groups is 1. The van der Waals surface area contributed by atoms with Crippen LogP contribution in [0.4, 0.5) is 10.5 Å². The fourth-order valence-electron chi connectivity index (χ4n) is 2.35.